The summed E-state index contributed by atoms with van der Waals surface area (Å²) in [7, 11) is 0. The summed E-state index contributed by atoms with van der Waals surface area (Å²) in [5, 5.41) is 6.51. The van der Waals surface area contributed by atoms with Crippen molar-refractivity contribution in [2.45, 2.75) is 13.8 Å². The van der Waals surface area contributed by atoms with E-state index in [2.05, 4.69) is 47.7 Å². The number of hydrogen-bond donors (Lipinski definition) is 2. The van der Waals surface area contributed by atoms with Gasteiger partial charge in [0.15, 0.2) is 5.96 Å². The molecule has 1 heterocycles. The van der Waals surface area contributed by atoms with Gasteiger partial charge in [-0.1, -0.05) is 18.2 Å². The first kappa shape index (κ1) is 11.9. The Morgan fingerprint density at radius 3 is 2.47 bits per heavy atom. The molecule has 3 nitrogen and oxygen atoms in total. The van der Waals surface area contributed by atoms with E-state index in [9.17, 15) is 0 Å². The largest absolute Gasteiger partial charge is 0.354 e. The highest BCUT2D eigenvalue weighted by Crippen LogP contribution is 2.19. The van der Waals surface area contributed by atoms with Gasteiger partial charge in [-0.25, -0.2) is 0 Å². The molecule has 0 radical (unpaired) electrons. The molecule has 0 saturated heterocycles. The van der Waals surface area contributed by atoms with E-state index >= 15 is 0 Å². The van der Waals surface area contributed by atoms with E-state index in [0.717, 1.165) is 19.0 Å². The summed E-state index contributed by atoms with van der Waals surface area (Å²) in [4.78, 5) is 4.31. The number of para-hydroxylation sites is 1. The van der Waals surface area contributed by atoms with Crippen LogP contribution in [0.3, 0.4) is 0 Å². The van der Waals surface area contributed by atoms with Gasteiger partial charge in [-0.15, -0.1) is 12.4 Å². The maximum Gasteiger partial charge on any atom is 0.195 e. The molecule has 15 heavy (non-hydrogen) atoms. The van der Waals surface area contributed by atoms with E-state index in [1.54, 1.807) is 0 Å². The fraction of sp³-hybridized carbons (Fsp3) is 0.364. The molecule has 1 aromatic rings. The number of benzene rings is 1. The predicted molar refractivity (Wildman–Crippen MR) is 67.1 cm³/mol. The molecule has 1 aliphatic rings. The second-order valence-electron chi connectivity index (χ2n) is 3.55. The zero-order chi connectivity index (χ0) is 9.97. The molecule has 1 aromatic carbocycles. The molecular formula is C11H16ClN3. The summed E-state index contributed by atoms with van der Waals surface area (Å²) in [6.07, 6.45) is 0. The van der Waals surface area contributed by atoms with Crippen LogP contribution in [0.2, 0.25) is 0 Å². The van der Waals surface area contributed by atoms with Crippen LogP contribution in [0.5, 0.6) is 0 Å². The van der Waals surface area contributed by atoms with Gasteiger partial charge in [0, 0.05) is 12.2 Å². The van der Waals surface area contributed by atoms with Crippen molar-refractivity contribution in [3.8, 4) is 0 Å². The Kier molecular flexibility index (Phi) is 3.97. The van der Waals surface area contributed by atoms with E-state index in [0.29, 0.717) is 0 Å². The number of nitrogens with zero attached hydrogens (tertiary/aromatic N) is 1. The predicted octanol–water partition coefficient (Wildman–Crippen LogP) is 2.10. The lowest BCUT2D eigenvalue weighted by molar-refractivity contribution is 0.959. The molecule has 0 amide bonds. The Hall–Kier alpha value is -1.22. The first-order valence-electron chi connectivity index (χ1n) is 4.89. The van der Waals surface area contributed by atoms with Crippen molar-refractivity contribution in [1.82, 2.24) is 5.32 Å². The first-order chi connectivity index (χ1) is 6.77. The number of aliphatic imine (C=N–C) groups is 1. The maximum atomic E-state index is 4.31. The minimum atomic E-state index is 0. The fourth-order valence-corrected chi connectivity index (χ4v) is 1.61. The number of aryl methyl sites for hydroxylation is 2. The number of rotatable bonds is 1. The van der Waals surface area contributed by atoms with Crippen LogP contribution in [0.25, 0.3) is 0 Å². The lowest BCUT2D eigenvalue weighted by Crippen LogP contribution is -2.26. The zero-order valence-corrected chi connectivity index (χ0v) is 9.82. The zero-order valence-electron chi connectivity index (χ0n) is 9.00. The van der Waals surface area contributed by atoms with E-state index in [1.165, 1.54) is 16.8 Å². The third-order valence-corrected chi connectivity index (χ3v) is 2.40. The molecule has 0 spiro atoms. The molecular weight excluding hydrogens is 210 g/mol. The molecule has 2 rings (SSSR count). The van der Waals surface area contributed by atoms with Crippen LogP contribution in [0.15, 0.2) is 23.2 Å². The van der Waals surface area contributed by atoms with Gasteiger partial charge in [0.2, 0.25) is 0 Å². The van der Waals surface area contributed by atoms with Crippen LogP contribution >= 0.6 is 12.4 Å². The normalized spacial score (nSPS) is 13.9. The molecule has 0 aliphatic carbocycles. The number of hydrogen-bond acceptors (Lipinski definition) is 3. The summed E-state index contributed by atoms with van der Waals surface area (Å²) < 4.78 is 0. The second-order valence-corrected chi connectivity index (χ2v) is 3.55. The van der Waals surface area contributed by atoms with Gasteiger partial charge in [-0.05, 0) is 25.0 Å². The number of anilines is 1. The van der Waals surface area contributed by atoms with Crippen LogP contribution in [0.4, 0.5) is 5.69 Å². The lowest BCUT2D eigenvalue weighted by Gasteiger charge is -2.12. The first-order valence-corrected chi connectivity index (χ1v) is 4.89. The molecule has 2 N–H and O–H groups in total. The van der Waals surface area contributed by atoms with Crippen LogP contribution in [0, 0.1) is 13.8 Å². The summed E-state index contributed by atoms with van der Waals surface area (Å²) in [5.41, 5.74) is 3.67. The topological polar surface area (TPSA) is 36.4 Å². The highest BCUT2D eigenvalue weighted by atomic mass is 35.5. The monoisotopic (exact) mass is 225 g/mol. The van der Waals surface area contributed by atoms with Crippen LogP contribution in [-0.4, -0.2) is 19.0 Å². The minimum Gasteiger partial charge on any atom is -0.354 e. The fourth-order valence-electron chi connectivity index (χ4n) is 1.61. The Balaban J connectivity index is 0.00000112. The van der Waals surface area contributed by atoms with Gasteiger partial charge in [-0.2, -0.15) is 0 Å². The van der Waals surface area contributed by atoms with E-state index in [4.69, 9.17) is 0 Å². The SMILES string of the molecule is Cc1cccc(C)c1NC1=NCCN1.Cl. The maximum absolute atomic E-state index is 4.31. The van der Waals surface area contributed by atoms with Crippen LogP contribution in [0.1, 0.15) is 11.1 Å². The standard InChI is InChI=1S/C11H15N3.ClH/c1-8-4-3-5-9(2)10(8)14-11-12-6-7-13-11;/h3-5H,6-7H2,1-2H3,(H2,12,13,14);1H. The van der Waals surface area contributed by atoms with Gasteiger partial charge in [0.05, 0.1) is 6.54 Å². The van der Waals surface area contributed by atoms with E-state index in [-0.39, 0.29) is 12.4 Å². The van der Waals surface area contributed by atoms with Crippen molar-refractivity contribution in [3.05, 3.63) is 29.3 Å². The van der Waals surface area contributed by atoms with Crippen molar-refractivity contribution < 1.29 is 0 Å². The third kappa shape index (κ3) is 2.63. The second kappa shape index (κ2) is 5.03. The molecule has 4 heteroatoms. The van der Waals surface area contributed by atoms with Gasteiger partial charge in [-0.3, -0.25) is 4.99 Å². The minimum absolute atomic E-state index is 0. The number of halogens is 1. The Morgan fingerprint density at radius 2 is 1.93 bits per heavy atom. The molecule has 0 bridgehead atoms. The Morgan fingerprint density at radius 1 is 1.27 bits per heavy atom. The summed E-state index contributed by atoms with van der Waals surface area (Å²) in [6, 6.07) is 6.27. The quantitative estimate of drug-likeness (QED) is 0.768. The summed E-state index contributed by atoms with van der Waals surface area (Å²) >= 11 is 0. The average molecular weight is 226 g/mol. The van der Waals surface area contributed by atoms with Crippen LogP contribution < -0.4 is 10.6 Å². The van der Waals surface area contributed by atoms with Crippen molar-refractivity contribution in [1.29, 1.82) is 0 Å². The van der Waals surface area contributed by atoms with Crippen molar-refractivity contribution in [3.63, 3.8) is 0 Å². The van der Waals surface area contributed by atoms with Crippen molar-refractivity contribution >= 4 is 24.1 Å². The summed E-state index contributed by atoms with van der Waals surface area (Å²) in [5.74, 6) is 0.891. The Bertz CT molecular complexity index is 354. The molecule has 1 aliphatic heterocycles. The van der Waals surface area contributed by atoms with Gasteiger partial charge < -0.3 is 10.6 Å². The third-order valence-electron chi connectivity index (χ3n) is 2.40. The molecule has 0 saturated carbocycles. The summed E-state index contributed by atoms with van der Waals surface area (Å²) in [6.45, 7) is 6.01. The van der Waals surface area contributed by atoms with Crippen molar-refractivity contribution in [2.24, 2.45) is 4.99 Å². The van der Waals surface area contributed by atoms with Gasteiger partial charge in [0.25, 0.3) is 0 Å². The Labute approximate surface area is 96.4 Å². The highest BCUT2D eigenvalue weighted by Gasteiger charge is 2.07. The number of guanidine groups is 1. The van der Waals surface area contributed by atoms with E-state index < -0.39 is 0 Å². The number of nitrogens with one attached hydrogen (secondary N) is 2. The lowest BCUT2D eigenvalue weighted by atomic mass is 10.1. The molecule has 0 unspecified atom stereocenters. The van der Waals surface area contributed by atoms with Crippen LogP contribution in [-0.2, 0) is 0 Å². The molecule has 0 aromatic heterocycles. The van der Waals surface area contributed by atoms with Gasteiger partial charge >= 0.3 is 0 Å². The molecule has 0 fully saturated rings. The molecule has 0 atom stereocenters. The highest BCUT2D eigenvalue weighted by molar-refractivity contribution is 5.95. The van der Waals surface area contributed by atoms with E-state index in [1.807, 2.05) is 0 Å². The van der Waals surface area contributed by atoms with Crippen molar-refractivity contribution in [2.75, 3.05) is 18.4 Å². The van der Waals surface area contributed by atoms with Gasteiger partial charge in [0.1, 0.15) is 0 Å². The smallest absolute Gasteiger partial charge is 0.195 e. The molecule has 82 valence electrons. The average Bonchev–Trinajstić information content (AvgIpc) is 2.64.